The van der Waals surface area contributed by atoms with E-state index in [2.05, 4.69) is 46.7 Å². The Bertz CT molecular complexity index is 3820. The van der Waals surface area contributed by atoms with E-state index in [1.807, 2.05) is 60.7 Å². The van der Waals surface area contributed by atoms with Gasteiger partial charge in [0.2, 0.25) is 53.4 Å². The van der Waals surface area contributed by atoms with Crippen LogP contribution in [0.4, 0.5) is 76.3 Å². The van der Waals surface area contributed by atoms with E-state index in [1.165, 1.54) is 31.4 Å². The number of nitrogens with zero attached hydrogens (tertiary/aromatic N) is 1. The van der Waals surface area contributed by atoms with E-state index >= 15 is 0 Å². The maximum Gasteiger partial charge on any atom is 0.490 e. The second-order valence-electron chi connectivity index (χ2n) is 26.1. The summed E-state index contributed by atoms with van der Waals surface area (Å²) in [5, 5.41) is 82.2. The summed E-state index contributed by atoms with van der Waals surface area (Å²) in [6.07, 6.45) is -35.1. The van der Waals surface area contributed by atoms with E-state index in [4.69, 9.17) is 57.1 Å². The number of primary amides is 1. The van der Waals surface area contributed by atoms with Gasteiger partial charge in [0.15, 0.2) is 18.0 Å². The highest BCUT2D eigenvalue weighted by Crippen LogP contribution is 2.30. The van der Waals surface area contributed by atoms with E-state index < -0.39 is 230 Å². The third-order valence-electron chi connectivity index (χ3n) is 15.3. The smallest absolute Gasteiger partial charge is 0.480 e. The third-order valence-corrected chi connectivity index (χ3v) is 15.3. The lowest BCUT2D eigenvalue weighted by Gasteiger charge is -2.31. The third kappa shape index (κ3) is 42.3. The molecule has 0 bridgehead atoms. The van der Waals surface area contributed by atoms with Gasteiger partial charge in [0.05, 0.1) is 18.8 Å². The number of anilines is 1. The van der Waals surface area contributed by atoms with Crippen LogP contribution in [0.25, 0.3) is 11.1 Å². The van der Waals surface area contributed by atoms with Crippen molar-refractivity contribution in [1.82, 2.24) is 53.2 Å². The number of hydrogen-bond acceptors (Lipinski definition) is 24. The normalized spacial score (nSPS) is 14.4. The Morgan fingerprint density at radius 2 is 0.959 bits per heavy atom. The molecule has 0 aliphatic carbocycles. The van der Waals surface area contributed by atoms with Crippen molar-refractivity contribution in [3.05, 3.63) is 54.1 Å². The molecular weight excluding hydrogens is 1690 g/mol. The number of esters is 2. The molecule has 10 amide bonds. The largest absolute Gasteiger partial charge is 0.490 e. The molecule has 0 spiro atoms. The number of benzene rings is 2. The lowest BCUT2D eigenvalue weighted by Crippen LogP contribution is -2.63. The number of nitrogens with one attached hydrogen (secondary N) is 11. The molecule has 0 saturated carbocycles. The van der Waals surface area contributed by atoms with Crippen LogP contribution in [0.1, 0.15) is 79.7 Å². The molecule has 12 atom stereocenters. The molecule has 0 radical (unpaired) electrons. The zero-order chi connectivity index (χ0) is 94.5. The number of rotatable bonds is 39. The molecule has 0 aliphatic heterocycles. The second-order valence-corrected chi connectivity index (χ2v) is 26.1. The first kappa shape index (κ1) is 111. The molecule has 40 nitrogen and oxygen atoms in total. The van der Waals surface area contributed by atoms with Crippen LogP contribution in [-0.2, 0) is 92.7 Å². The van der Waals surface area contributed by atoms with Crippen molar-refractivity contribution in [3.63, 3.8) is 0 Å². The van der Waals surface area contributed by atoms with Crippen molar-refractivity contribution < 1.29 is 187 Å². The molecule has 0 heterocycles. The monoisotopic (exact) mass is 1780 g/mol. The van der Waals surface area contributed by atoms with Crippen LogP contribution in [0, 0.1) is 23.2 Å². The number of carbonyl (C=O) groups is 16. The number of carboxylic acid groups (broad SMARTS) is 4. The number of guanidine groups is 1. The standard InChI is InChI=1S/C60H87F6N15O19.3C2HF3O2/c1-10-29(6)40(51(90)79-41(30(7)82)50(89)72-24-39(83)77-43(45(46(68)85)100-56(96)60(64,65)66)53(92)75-37(54(93)94)26-98-55(95)59(61,62)63)78-47(86)34(15-13-21-71-57(69)70)73-48(87)35(22-27(2)3)74-52(91)42(44(84)28(4)5)80-49(88)36(23-67)76-58(97)99-25-31-17-19-32(20-18-31)33-14-11-12-16-38(33)81(8)9;3*3-2(4,5)1(6)7/h11-12,14,16-20,27-30,34-37,40-45,82,84H,10,13,15,21-26,67H2,1-9H3,(H2,68,85)(H,72,89)(H,73,87)(H,74,91)(H,75,92)(H,76,97)(H,77,83)(H,78,86)(H,79,90)(H,80,88)(H,93,94)(H4,69,70,71);3*(H,6,7)/t29-,30-,34+,35-,36-,37-,40-,41-,42-,43-,44+,45-;;;/m0.../s1. The molecule has 0 aliphatic rings. The number of nitrogens with two attached hydrogens (primary N) is 3. The van der Waals surface area contributed by atoms with Crippen molar-refractivity contribution in [2.45, 2.75) is 178 Å². The van der Waals surface area contributed by atoms with Crippen LogP contribution in [0.15, 0.2) is 48.5 Å². The molecule has 55 heteroatoms. The lowest BCUT2D eigenvalue weighted by molar-refractivity contribution is -0.206. The molecule has 0 saturated heterocycles. The highest BCUT2D eigenvalue weighted by Gasteiger charge is 2.49. The maximum atomic E-state index is 14.4. The van der Waals surface area contributed by atoms with Crippen LogP contribution in [0.2, 0.25) is 0 Å². The number of amides is 10. The number of aliphatic hydroxyl groups is 2. The molecule has 0 fully saturated rings. The maximum absolute atomic E-state index is 14.4. The summed E-state index contributed by atoms with van der Waals surface area (Å²) in [5.74, 6) is -32.2. The summed E-state index contributed by atoms with van der Waals surface area (Å²) in [7, 11) is 3.82. The summed E-state index contributed by atoms with van der Waals surface area (Å²) in [6, 6.07) is -1.10. The van der Waals surface area contributed by atoms with Gasteiger partial charge < -0.3 is 120 Å². The summed E-state index contributed by atoms with van der Waals surface area (Å²) in [5.41, 5.74) is 19.8. The van der Waals surface area contributed by atoms with E-state index in [-0.39, 0.29) is 44.8 Å². The highest BCUT2D eigenvalue weighted by molar-refractivity contribution is 6.00. The number of carboxylic acids is 4. The lowest BCUT2D eigenvalue weighted by atomic mass is 9.96. The first-order valence-corrected chi connectivity index (χ1v) is 34.5. The summed E-state index contributed by atoms with van der Waals surface area (Å²) < 4.78 is 186. The molecule has 2 aromatic carbocycles. The second kappa shape index (κ2) is 50.5. The topological polar surface area (TPSA) is 648 Å². The number of para-hydroxylation sites is 1. The minimum absolute atomic E-state index is 0.0196. The number of aliphatic hydroxyl groups excluding tert-OH is 2. The quantitative estimate of drug-likeness (QED) is 0.00981. The molecule has 0 unspecified atom stereocenters. The van der Waals surface area contributed by atoms with Crippen LogP contribution in [-0.4, -0.2) is 270 Å². The minimum atomic E-state index is -5.94. The first-order chi connectivity index (χ1) is 55.3. The number of aliphatic carboxylic acids is 4. The van der Waals surface area contributed by atoms with Crippen LogP contribution >= 0.6 is 0 Å². The predicted molar refractivity (Wildman–Crippen MR) is 380 cm³/mol. The molecule has 2 aromatic rings. The van der Waals surface area contributed by atoms with Crippen molar-refractivity contribution in [3.8, 4) is 11.1 Å². The summed E-state index contributed by atoms with van der Waals surface area (Å²) in [6.45, 7) is 6.22. The van der Waals surface area contributed by atoms with Crippen LogP contribution < -0.4 is 75.3 Å². The summed E-state index contributed by atoms with van der Waals surface area (Å²) >= 11 is 0. The van der Waals surface area contributed by atoms with Gasteiger partial charge in [-0.1, -0.05) is 90.4 Å². The molecule has 2 rings (SSSR count). The van der Waals surface area contributed by atoms with E-state index in [0.717, 1.165) is 23.7 Å². The number of alkyl halides is 15. The van der Waals surface area contributed by atoms with Crippen molar-refractivity contribution >= 4 is 107 Å². The Labute approximate surface area is 674 Å². The molecular formula is C66H90F15N15O25. The number of alkyl carbamates (subject to hydrolysis) is 1. The Hall–Kier alpha value is -12.3. The Morgan fingerprint density at radius 1 is 0.512 bits per heavy atom. The van der Waals surface area contributed by atoms with Gasteiger partial charge in [-0.05, 0) is 61.1 Å². The average molecular weight is 1780 g/mol. The minimum Gasteiger partial charge on any atom is -0.480 e. The number of ether oxygens (including phenoxy) is 3. The average Bonchev–Trinajstić information content (AvgIpc) is 0.805. The van der Waals surface area contributed by atoms with Gasteiger partial charge in [-0.2, -0.15) is 65.9 Å². The van der Waals surface area contributed by atoms with Gasteiger partial charge in [-0.25, -0.2) is 33.6 Å². The van der Waals surface area contributed by atoms with Gasteiger partial charge in [-0.15, -0.1) is 0 Å². The van der Waals surface area contributed by atoms with Gasteiger partial charge in [0.1, 0.15) is 49.5 Å². The van der Waals surface area contributed by atoms with E-state index in [1.54, 1.807) is 32.9 Å². The van der Waals surface area contributed by atoms with Crippen molar-refractivity contribution in [2.24, 2.45) is 35.0 Å². The van der Waals surface area contributed by atoms with E-state index in [9.17, 15) is 144 Å². The van der Waals surface area contributed by atoms with E-state index in [0.29, 0.717) is 5.56 Å². The van der Waals surface area contributed by atoms with Gasteiger partial charge in [0.25, 0.3) is 5.91 Å². The fourth-order valence-electron chi connectivity index (χ4n) is 8.97. The molecule has 684 valence electrons. The van der Waals surface area contributed by atoms with Gasteiger partial charge in [0, 0.05) is 38.4 Å². The van der Waals surface area contributed by atoms with Crippen molar-refractivity contribution in [2.75, 3.05) is 45.2 Å². The molecule has 23 N–H and O–H groups in total. The number of hydrogen-bond donors (Lipinski definition) is 20. The molecule has 0 aromatic heterocycles. The van der Waals surface area contributed by atoms with Crippen molar-refractivity contribution in [1.29, 1.82) is 5.41 Å². The Morgan fingerprint density at radius 3 is 1.39 bits per heavy atom. The SMILES string of the molecule is CC[C@H](C)[C@H](NC(=O)[C@@H](CCCNC(=N)N)NC(=O)[C@H](CC(C)C)NC(=O)[C@@H](NC(=O)[C@H](CN)NC(=O)OCc1ccc(-c2ccccc2N(C)C)cc1)[C@H](O)C(C)C)C(=O)N[C@H](C(=O)NCC(=O)N[C@H](C(=O)N[C@@H](COC(=O)C(F)(F)F)C(=O)O)[C@H](OC(=O)C(F)(F)F)C(N)=O)[C@H](C)O.O=C(O)C(F)(F)F.O=C(O)C(F)(F)F.O=C(O)C(F)(F)F. The Balaban J connectivity index is 0. The van der Waals surface area contributed by atoms with Gasteiger partial charge >= 0.3 is 72.8 Å². The number of halogens is 15. The van der Waals surface area contributed by atoms with Crippen LogP contribution in [0.3, 0.4) is 0 Å². The fourth-order valence-corrected chi connectivity index (χ4v) is 8.97. The zero-order valence-electron chi connectivity index (χ0n) is 64.9. The first-order valence-electron chi connectivity index (χ1n) is 34.5. The highest BCUT2D eigenvalue weighted by atomic mass is 19.4. The zero-order valence-corrected chi connectivity index (χ0v) is 64.9. The number of carbonyl (C=O) groups excluding carboxylic acids is 12. The Kier molecular flexibility index (Phi) is 46.2. The fraction of sp³-hybridized carbons (Fsp3) is 0.561. The van der Waals surface area contributed by atoms with Gasteiger partial charge in [-0.3, -0.25) is 48.6 Å². The molecule has 121 heavy (non-hydrogen) atoms. The van der Waals surface area contributed by atoms with Crippen LogP contribution in [0.5, 0.6) is 0 Å². The summed E-state index contributed by atoms with van der Waals surface area (Å²) in [4.78, 5) is 200. The predicted octanol–water partition coefficient (Wildman–Crippen LogP) is -0.715.